The summed E-state index contributed by atoms with van der Waals surface area (Å²) in [5, 5.41) is 22.4. The van der Waals surface area contributed by atoms with Crippen molar-refractivity contribution in [2.75, 3.05) is 26.4 Å². The van der Waals surface area contributed by atoms with Crippen molar-refractivity contribution in [1.82, 2.24) is 0 Å². The molecule has 0 aromatic heterocycles. The van der Waals surface area contributed by atoms with E-state index in [1.165, 1.54) is 0 Å². The quantitative estimate of drug-likeness (QED) is 0.308. The van der Waals surface area contributed by atoms with E-state index in [1.54, 1.807) is 0 Å². The van der Waals surface area contributed by atoms with Gasteiger partial charge in [0.15, 0.2) is 0 Å². The Morgan fingerprint density at radius 2 is 1.03 bits per heavy atom. The lowest BCUT2D eigenvalue weighted by Crippen LogP contribution is -2.25. The molecule has 0 aliphatic carbocycles. The molecule has 0 spiro atoms. The Balaban J connectivity index is 1.37. The van der Waals surface area contributed by atoms with Crippen molar-refractivity contribution in [2.45, 2.75) is 19.1 Å². The highest BCUT2D eigenvalue weighted by atomic mass is 16.5. The van der Waals surface area contributed by atoms with Gasteiger partial charge in [-0.1, -0.05) is 60.7 Å². The van der Waals surface area contributed by atoms with Crippen LogP contribution in [-0.2, 0) is 0 Å². The molecule has 2 atom stereocenters. The number of fused-ring (bicyclic) bond motifs is 1. The van der Waals surface area contributed by atoms with Gasteiger partial charge in [0.1, 0.15) is 61.6 Å². The van der Waals surface area contributed by atoms with E-state index in [-0.39, 0.29) is 26.4 Å². The topological polar surface area (TPSA) is 77.4 Å². The molecular formula is C29H30O6. The van der Waals surface area contributed by atoms with Crippen molar-refractivity contribution in [1.29, 1.82) is 0 Å². The standard InChI is InChI=1S/C29H30O6/c1-21-16-28(34-19-22(30)17-32-24-10-4-2-5-11-24)26-14-8-9-15-27(26)29(21)35-20-23(31)18-33-25-12-6-3-7-13-25/h2-16,22-23,30-31H,17-20H2,1H3. The van der Waals surface area contributed by atoms with Gasteiger partial charge in [0, 0.05) is 10.8 Å². The van der Waals surface area contributed by atoms with Gasteiger partial charge >= 0.3 is 0 Å². The summed E-state index contributed by atoms with van der Waals surface area (Å²) in [4.78, 5) is 0. The molecule has 6 nitrogen and oxygen atoms in total. The van der Waals surface area contributed by atoms with Crippen LogP contribution in [0.5, 0.6) is 23.0 Å². The number of aliphatic hydroxyl groups is 2. The molecule has 4 aromatic carbocycles. The molecule has 0 aliphatic heterocycles. The molecule has 2 N–H and O–H groups in total. The Hall–Kier alpha value is -3.74. The zero-order valence-electron chi connectivity index (χ0n) is 19.7. The Labute approximate surface area is 205 Å². The van der Waals surface area contributed by atoms with Crippen LogP contribution in [0, 0.1) is 6.92 Å². The molecule has 4 aromatic rings. The van der Waals surface area contributed by atoms with Crippen molar-refractivity contribution in [3.63, 3.8) is 0 Å². The zero-order chi connectivity index (χ0) is 24.5. The fourth-order valence-electron chi connectivity index (χ4n) is 3.64. The van der Waals surface area contributed by atoms with E-state index in [2.05, 4.69) is 0 Å². The Morgan fingerprint density at radius 3 is 1.60 bits per heavy atom. The van der Waals surface area contributed by atoms with E-state index in [1.807, 2.05) is 97.9 Å². The smallest absolute Gasteiger partial charge is 0.130 e. The second-order valence-corrected chi connectivity index (χ2v) is 8.24. The molecule has 6 heteroatoms. The minimum absolute atomic E-state index is 0.0893. The van der Waals surface area contributed by atoms with Crippen LogP contribution in [0.1, 0.15) is 5.56 Å². The first-order valence-corrected chi connectivity index (χ1v) is 11.6. The molecule has 0 radical (unpaired) electrons. The number of ether oxygens (including phenoxy) is 4. The molecular weight excluding hydrogens is 444 g/mol. The van der Waals surface area contributed by atoms with Crippen molar-refractivity contribution < 1.29 is 29.2 Å². The normalized spacial score (nSPS) is 12.7. The van der Waals surface area contributed by atoms with Gasteiger partial charge in [0.05, 0.1) is 0 Å². The Bertz CT molecular complexity index is 1200. The van der Waals surface area contributed by atoms with Crippen molar-refractivity contribution >= 4 is 10.8 Å². The number of hydrogen-bond donors (Lipinski definition) is 2. The summed E-state index contributed by atoms with van der Waals surface area (Å²) in [6.45, 7) is 2.37. The Kier molecular flexibility index (Phi) is 8.44. The van der Waals surface area contributed by atoms with E-state index in [0.717, 1.165) is 16.3 Å². The first-order valence-electron chi connectivity index (χ1n) is 11.6. The van der Waals surface area contributed by atoms with Crippen molar-refractivity contribution in [2.24, 2.45) is 0 Å². The minimum Gasteiger partial charge on any atom is -0.491 e. The van der Waals surface area contributed by atoms with Gasteiger partial charge in [-0.15, -0.1) is 0 Å². The van der Waals surface area contributed by atoms with Crippen LogP contribution in [0.2, 0.25) is 0 Å². The number of aryl methyl sites for hydroxylation is 1. The highest BCUT2D eigenvalue weighted by molar-refractivity contribution is 5.94. The highest BCUT2D eigenvalue weighted by Gasteiger charge is 2.15. The fourth-order valence-corrected chi connectivity index (χ4v) is 3.64. The summed E-state index contributed by atoms with van der Waals surface area (Å²) in [6.07, 6.45) is -1.57. The van der Waals surface area contributed by atoms with Gasteiger partial charge in [0.2, 0.25) is 0 Å². The lowest BCUT2D eigenvalue weighted by Gasteiger charge is -2.19. The van der Waals surface area contributed by atoms with E-state index in [9.17, 15) is 10.2 Å². The number of benzene rings is 4. The predicted molar refractivity (Wildman–Crippen MR) is 136 cm³/mol. The molecule has 2 unspecified atom stereocenters. The maximum absolute atomic E-state index is 10.4. The molecule has 4 rings (SSSR count). The maximum atomic E-state index is 10.4. The Morgan fingerprint density at radius 1 is 0.571 bits per heavy atom. The molecule has 0 fully saturated rings. The van der Waals surface area contributed by atoms with Crippen LogP contribution in [0.25, 0.3) is 10.8 Å². The second-order valence-electron chi connectivity index (χ2n) is 8.24. The maximum Gasteiger partial charge on any atom is 0.130 e. The van der Waals surface area contributed by atoms with Gasteiger partial charge in [-0.05, 0) is 42.8 Å². The van der Waals surface area contributed by atoms with Crippen LogP contribution in [-0.4, -0.2) is 48.8 Å². The summed E-state index contributed by atoms with van der Waals surface area (Å²) in [7, 11) is 0. The van der Waals surface area contributed by atoms with E-state index in [4.69, 9.17) is 18.9 Å². The monoisotopic (exact) mass is 474 g/mol. The number of para-hydroxylation sites is 2. The second kappa shape index (κ2) is 12.1. The molecule has 0 bridgehead atoms. The largest absolute Gasteiger partial charge is 0.491 e. The van der Waals surface area contributed by atoms with Gasteiger partial charge in [-0.3, -0.25) is 0 Å². The van der Waals surface area contributed by atoms with Crippen molar-refractivity contribution in [3.05, 3.63) is 96.6 Å². The SMILES string of the molecule is Cc1cc(OCC(O)COc2ccccc2)c2ccccc2c1OCC(O)COc1ccccc1. The summed E-state index contributed by atoms with van der Waals surface area (Å²) in [5.41, 5.74) is 0.866. The minimum atomic E-state index is -0.788. The molecule has 0 aliphatic rings. The van der Waals surface area contributed by atoms with Gasteiger partial charge in [-0.25, -0.2) is 0 Å². The molecule has 0 heterocycles. The summed E-state index contributed by atoms with van der Waals surface area (Å²) >= 11 is 0. The molecule has 0 saturated heterocycles. The van der Waals surface area contributed by atoms with E-state index < -0.39 is 12.2 Å². The first-order chi connectivity index (χ1) is 17.1. The average Bonchev–Trinajstić information content (AvgIpc) is 2.90. The van der Waals surface area contributed by atoms with Crippen molar-refractivity contribution in [3.8, 4) is 23.0 Å². The third-order valence-electron chi connectivity index (χ3n) is 5.37. The van der Waals surface area contributed by atoms with Gasteiger partial charge in [-0.2, -0.15) is 0 Å². The van der Waals surface area contributed by atoms with Crippen LogP contribution in [0.3, 0.4) is 0 Å². The predicted octanol–water partition coefficient (Wildman–Crippen LogP) is 4.79. The average molecular weight is 475 g/mol. The first kappa shape index (κ1) is 24.4. The van der Waals surface area contributed by atoms with E-state index in [0.29, 0.717) is 23.0 Å². The highest BCUT2D eigenvalue weighted by Crippen LogP contribution is 2.36. The van der Waals surface area contributed by atoms with Gasteiger partial charge < -0.3 is 29.2 Å². The van der Waals surface area contributed by atoms with Crippen LogP contribution in [0.4, 0.5) is 0 Å². The molecule has 182 valence electrons. The number of aliphatic hydroxyl groups excluding tert-OH is 2. The summed E-state index contributed by atoms with van der Waals surface area (Å²) in [5.74, 6) is 2.73. The van der Waals surface area contributed by atoms with Crippen LogP contribution in [0.15, 0.2) is 91.0 Å². The van der Waals surface area contributed by atoms with Gasteiger partial charge in [0.25, 0.3) is 0 Å². The lowest BCUT2D eigenvalue weighted by atomic mass is 10.0. The molecule has 35 heavy (non-hydrogen) atoms. The third-order valence-corrected chi connectivity index (χ3v) is 5.37. The number of hydrogen-bond acceptors (Lipinski definition) is 6. The molecule has 0 amide bonds. The third kappa shape index (κ3) is 6.88. The van der Waals surface area contributed by atoms with Crippen LogP contribution >= 0.6 is 0 Å². The summed E-state index contributed by atoms with van der Waals surface area (Å²) < 4.78 is 23.2. The lowest BCUT2D eigenvalue weighted by molar-refractivity contribution is 0.0620. The zero-order valence-corrected chi connectivity index (χ0v) is 19.7. The summed E-state index contributed by atoms with van der Waals surface area (Å²) in [6, 6.07) is 28.3. The number of rotatable bonds is 12. The van der Waals surface area contributed by atoms with Crippen LogP contribution < -0.4 is 18.9 Å². The fraction of sp³-hybridized carbons (Fsp3) is 0.241. The molecule has 0 saturated carbocycles. The van der Waals surface area contributed by atoms with E-state index >= 15 is 0 Å².